The van der Waals surface area contributed by atoms with Gasteiger partial charge in [0.05, 0.1) is 0 Å². The maximum absolute atomic E-state index is 3.33. The molecule has 0 atom stereocenters. The van der Waals surface area contributed by atoms with Crippen molar-refractivity contribution < 1.29 is 0 Å². The third-order valence-electron chi connectivity index (χ3n) is 3.80. The first kappa shape index (κ1) is 10.2. The summed E-state index contributed by atoms with van der Waals surface area (Å²) in [5, 5.41) is 3.33. The molecule has 0 unspecified atom stereocenters. The van der Waals surface area contributed by atoms with Crippen LogP contribution in [-0.4, -0.2) is 26.2 Å². The lowest BCUT2D eigenvalue weighted by Crippen LogP contribution is -2.43. The van der Waals surface area contributed by atoms with Crippen molar-refractivity contribution in [2.24, 2.45) is 5.92 Å². The van der Waals surface area contributed by atoms with E-state index >= 15 is 0 Å². The number of rotatable bonds is 3. The van der Waals surface area contributed by atoms with Crippen molar-refractivity contribution in [3.63, 3.8) is 0 Å². The standard InChI is InChI=1S/C14H20N2/c1-2-8-16(7-1)14-5-3-12(4-6-14)9-13-10-15-11-13/h3-6,13,15H,1-2,7-11H2. The molecule has 2 fully saturated rings. The molecule has 0 aliphatic carbocycles. The van der Waals surface area contributed by atoms with Gasteiger partial charge in [-0.2, -0.15) is 0 Å². The molecule has 1 aromatic rings. The minimum Gasteiger partial charge on any atom is -0.372 e. The molecule has 2 aliphatic rings. The number of anilines is 1. The Morgan fingerprint density at radius 3 is 2.31 bits per heavy atom. The third kappa shape index (κ3) is 2.07. The summed E-state index contributed by atoms with van der Waals surface area (Å²) in [6.07, 6.45) is 3.96. The minimum absolute atomic E-state index is 0.873. The molecule has 0 aromatic heterocycles. The van der Waals surface area contributed by atoms with Gasteiger partial charge in [-0.05, 0) is 56.0 Å². The van der Waals surface area contributed by atoms with Crippen LogP contribution in [0.2, 0.25) is 0 Å². The Hall–Kier alpha value is -1.02. The lowest BCUT2D eigenvalue weighted by Gasteiger charge is -2.27. The number of hydrogen-bond acceptors (Lipinski definition) is 2. The summed E-state index contributed by atoms with van der Waals surface area (Å²) in [5.41, 5.74) is 2.91. The van der Waals surface area contributed by atoms with Crippen molar-refractivity contribution in [1.82, 2.24) is 5.32 Å². The number of nitrogens with one attached hydrogen (secondary N) is 1. The van der Waals surface area contributed by atoms with Gasteiger partial charge in [-0.15, -0.1) is 0 Å². The van der Waals surface area contributed by atoms with Crippen molar-refractivity contribution in [3.05, 3.63) is 29.8 Å². The van der Waals surface area contributed by atoms with Crippen LogP contribution in [0, 0.1) is 5.92 Å². The highest BCUT2D eigenvalue weighted by Gasteiger charge is 2.17. The van der Waals surface area contributed by atoms with E-state index in [9.17, 15) is 0 Å². The predicted molar refractivity (Wildman–Crippen MR) is 68.0 cm³/mol. The zero-order chi connectivity index (χ0) is 10.8. The van der Waals surface area contributed by atoms with E-state index in [2.05, 4.69) is 34.5 Å². The molecule has 86 valence electrons. The molecule has 0 radical (unpaired) electrons. The third-order valence-corrected chi connectivity index (χ3v) is 3.80. The average Bonchev–Trinajstić information content (AvgIpc) is 2.78. The van der Waals surface area contributed by atoms with Gasteiger partial charge >= 0.3 is 0 Å². The van der Waals surface area contributed by atoms with Crippen molar-refractivity contribution in [1.29, 1.82) is 0 Å². The molecule has 2 heterocycles. The van der Waals surface area contributed by atoms with Crippen LogP contribution < -0.4 is 10.2 Å². The summed E-state index contributed by atoms with van der Waals surface area (Å²) in [6.45, 7) is 4.89. The fourth-order valence-corrected chi connectivity index (χ4v) is 2.64. The number of nitrogens with zero attached hydrogens (tertiary/aromatic N) is 1. The molecule has 1 aromatic carbocycles. The Balaban J connectivity index is 1.64. The molecule has 2 aliphatic heterocycles. The second-order valence-corrected chi connectivity index (χ2v) is 5.09. The summed E-state index contributed by atoms with van der Waals surface area (Å²) in [6, 6.07) is 9.22. The molecule has 2 nitrogen and oxygen atoms in total. The van der Waals surface area contributed by atoms with Crippen molar-refractivity contribution in [2.75, 3.05) is 31.1 Å². The Labute approximate surface area is 97.6 Å². The summed E-state index contributed by atoms with van der Waals surface area (Å²) in [4.78, 5) is 2.49. The van der Waals surface area contributed by atoms with Gasteiger partial charge in [0, 0.05) is 18.8 Å². The van der Waals surface area contributed by atoms with E-state index < -0.39 is 0 Å². The summed E-state index contributed by atoms with van der Waals surface area (Å²) in [5.74, 6) is 0.873. The van der Waals surface area contributed by atoms with Gasteiger partial charge in [0.1, 0.15) is 0 Å². The van der Waals surface area contributed by atoms with Crippen LogP contribution in [0.25, 0.3) is 0 Å². The van der Waals surface area contributed by atoms with Crippen molar-refractivity contribution in [3.8, 4) is 0 Å². The van der Waals surface area contributed by atoms with E-state index in [1.54, 1.807) is 0 Å². The van der Waals surface area contributed by atoms with Crippen molar-refractivity contribution in [2.45, 2.75) is 19.3 Å². The minimum atomic E-state index is 0.873. The first-order valence-corrected chi connectivity index (χ1v) is 6.46. The van der Waals surface area contributed by atoms with Gasteiger partial charge < -0.3 is 10.2 Å². The zero-order valence-corrected chi connectivity index (χ0v) is 9.78. The molecule has 1 N–H and O–H groups in total. The van der Waals surface area contributed by atoms with E-state index in [1.165, 1.54) is 56.7 Å². The first-order chi connectivity index (χ1) is 7.92. The van der Waals surface area contributed by atoms with Crippen LogP contribution in [-0.2, 0) is 6.42 Å². The second-order valence-electron chi connectivity index (χ2n) is 5.09. The second kappa shape index (κ2) is 4.46. The molecule has 0 saturated carbocycles. The van der Waals surface area contributed by atoms with Gasteiger partial charge in [-0.25, -0.2) is 0 Å². The van der Waals surface area contributed by atoms with Crippen LogP contribution in [0.1, 0.15) is 18.4 Å². The Morgan fingerprint density at radius 2 is 1.75 bits per heavy atom. The van der Waals surface area contributed by atoms with Crippen molar-refractivity contribution >= 4 is 5.69 Å². The monoisotopic (exact) mass is 216 g/mol. The highest BCUT2D eigenvalue weighted by molar-refractivity contribution is 5.48. The maximum Gasteiger partial charge on any atom is 0.0366 e. The van der Waals surface area contributed by atoms with E-state index in [0.717, 1.165) is 5.92 Å². The predicted octanol–water partition coefficient (Wildman–Crippen LogP) is 2.05. The molecular weight excluding hydrogens is 196 g/mol. The number of hydrogen-bond donors (Lipinski definition) is 1. The smallest absolute Gasteiger partial charge is 0.0366 e. The van der Waals surface area contributed by atoms with Gasteiger partial charge in [0.15, 0.2) is 0 Å². The Morgan fingerprint density at radius 1 is 1.06 bits per heavy atom. The Kier molecular flexibility index (Phi) is 2.83. The van der Waals surface area contributed by atoms with E-state index in [4.69, 9.17) is 0 Å². The van der Waals surface area contributed by atoms with Crippen LogP contribution in [0.15, 0.2) is 24.3 Å². The maximum atomic E-state index is 3.33. The molecule has 0 amide bonds. The SMILES string of the molecule is c1cc(N2CCCC2)ccc1CC1CNC1. The van der Waals surface area contributed by atoms with Crippen LogP contribution in [0.3, 0.4) is 0 Å². The topological polar surface area (TPSA) is 15.3 Å². The molecular formula is C14H20N2. The fraction of sp³-hybridized carbons (Fsp3) is 0.571. The molecule has 3 rings (SSSR count). The molecule has 0 spiro atoms. The lowest BCUT2D eigenvalue weighted by molar-refractivity contribution is 0.346. The van der Waals surface area contributed by atoms with Gasteiger partial charge in [0.25, 0.3) is 0 Å². The first-order valence-electron chi connectivity index (χ1n) is 6.46. The molecule has 2 heteroatoms. The van der Waals surface area contributed by atoms with Crippen LogP contribution in [0.4, 0.5) is 5.69 Å². The van der Waals surface area contributed by atoms with E-state index in [1.807, 2.05) is 0 Å². The lowest BCUT2D eigenvalue weighted by atomic mass is 9.94. The van der Waals surface area contributed by atoms with E-state index in [0.29, 0.717) is 0 Å². The quantitative estimate of drug-likeness (QED) is 0.832. The summed E-state index contributed by atoms with van der Waals surface area (Å²) < 4.78 is 0. The van der Waals surface area contributed by atoms with Gasteiger partial charge in [-0.3, -0.25) is 0 Å². The fourth-order valence-electron chi connectivity index (χ4n) is 2.64. The highest BCUT2D eigenvalue weighted by Crippen LogP contribution is 2.21. The van der Waals surface area contributed by atoms with Crippen LogP contribution >= 0.6 is 0 Å². The largest absolute Gasteiger partial charge is 0.372 e. The van der Waals surface area contributed by atoms with E-state index in [-0.39, 0.29) is 0 Å². The molecule has 0 bridgehead atoms. The highest BCUT2D eigenvalue weighted by atomic mass is 15.1. The van der Waals surface area contributed by atoms with Gasteiger partial charge in [0.2, 0.25) is 0 Å². The van der Waals surface area contributed by atoms with Crippen LogP contribution in [0.5, 0.6) is 0 Å². The molecule has 16 heavy (non-hydrogen) atoms. The number of benzene rings is 1. The molecule has 2 saturated heterocycles. The zero-order valence-electron chi connectivity index (χ0n) is 9.78. The van der Waals surface area contributed by atoms with Gasteiger partial charge in [-0.1, -0.05) is 12.1 Å². The average molecular weight is 216 g/mol. The summed E-state index contributed by atoms with van der Waals surface area (Å²) >= 11 is 0. The normalized spacial score (nSPS) is 21.1. The summed E-state index contributed by atoms with van der Waals surface area (Å²) in [7, 11) is 0. The Bertz CT molecular complexity index is 334.